The van der Waals surface area contributed by atoms with Crippen LogP contribution in [0.3, 0.4) is 0 Å². The SMILES string of the molecule is CC(c1ccc(S(N)(=O)=O)cc1)N(C)S(=O)(=O)c1ccccc1Cl. The molecule has 2 rings (SSSR count). The van der Waals surface area contributed by atoms with Crippen molar-refractivity contribution in [3.8, 4) is 0 Å². The Morgan fingerprint density at radius 1 is 1.00 bits per heavy atom. The van der Waals surface area contributed by atoms with Crippen LogP contribution in [-0.4, -0.2) is 28.2 Å². The van der Waals surface area contributed by atoms with Crippen LogP contribution >= 0.6 is 11.6 Å². The molecule has 0 saturated carbocycles. The van der Waals surface area contributed by atoms with Crippen LogP contribution in [0.4, 0.5) is 0 Å². The Bertz CT molecular complexity index is 942. The lowest BCUT2D eigenvalue weighted by Gasteiger charge is -2.25. The minimum atomic E-state index is -3.80. The molecule has 2 N–H and O–H groups in total. The lowest BCUT2D eigenvalue weighted by molar-refractivity contribution is 0.398. The van der Waals surface area contributed by atoms with Gasteiger partial charge in [0.15, 0.2) is 0 Å². The van der Waals surface area contributed by atoms with Crippen LogP contribution in [0.1, 0.15) is 18.5 Å². The molecular formula is C15H17ClN2O4S2. The minimum Gasteiger partial charge on any atom is -0.225 e. The van der Waals surface area contributed by atoms with Gasteiger partial charge in [-0.05, 0) is 36.8 Å². The molecule has 0 fully saturated rings. The molecule has 0 aliphatic carbocycles. The highest BCUT2D eigenvalue weighted by Gasteiger charge is 2.28. The Morgan fingerprint density at radius 3 is 2.04 bits per heavy atom. The van der Waals surface area contributed by atoms with Crippen molar-refractivity contribution in [1.82, 2.24) is 4.31 Å². The molecule has 0 aliphatic rings. The number of halogens is 1. The van der Waals surface area contributed by atoms with E-state index in [-0.39, 0.29) is 14.8 Å². The molecular weight excluding hydrogens is 372 g/mol. The van der Waals surface area contributed by atoms with Crippen LogP contribution in [0.5, 0.6) is 0 Å². The second kappa shape index (κ2) is 6.81. The molecule has 0 aromatic heterocycles. The first-order chi connectivity index (χ1) is 11.0. The molecule has 0 saturated heterocycles. The Kier molecular flexibility index (Phi) is 5.36. The van der Waals surface area contributed by atoms with Gasteiger partial charge in [0.2, 0.25) is 20.0 Å². The summed E-state index contributed by atoms with van der Waals surface area (Å²) in [6, 6.07) is 11.4. The summed E-state index contributed by atoms with van der Waals surface area (Å²) in [5, 5.41) is 5.20. The number of primary sulfonamides is 1. The fourth-order valence-electron chi connectivity index (χ4n) is 2.16. The third-order valence-corrected chi connectivity index (χ3v) is 7.09. The maximum atomic E-state index is 12.7. The zero-order chi connectivity index (χ0) is 18.1. The van der Waals surface area contributed by atoms with Crippen molar-refractivity contribution in [1.29, 1.82) is 0 Å². The Labute approximate surface area is 147 Å². The summed E-state index contributed by atoms with van der Waals surface area (Å²) in [7, 11) is -6.15. The van der Waals surface area contributed by atoms with Gasteiger partial charge in [0.05, 0.1) is 9.92 Å². The monoisotopic (exact) mass is 388 g/mol. The maximum absolute atomic E-state index is 12.7. The van der Waals surface area contributed by atoms with Gasteiger partial charge in [-0.25, -0.2) is 22.0 Å². The van der Waals surface area contributed by atoms with E-state index < -0.39 is 26.1 Å². The molecule has 6 nitrogen and oxygen atoms in total. The number of benzene rings is 2. The fraction of sp³-hybridized carbons (Fsp3) is 0.200. The van der Waals surface area contributed by atoms with E-state index in [1.807, 2.05) is 0 Å². The molecule has 1 unspecified atom stereocenters. The average Bonchev–Trinajstić information content (AvgIpc) is 2.53. The second-order valence-electron chi connectivity index (χ2n) is 5.24. The Morgan fingerprint density at radius 2 is 1.54 bits per heavy atom. The summed E-state index contributed by atoms with van der Waals surface area (Å²) in [6.45, 7) is 1.69. The largest absolute Gasteiger partial charge is 0.244 e. The van der Waals surface area contributed by atoms with E-state index in [0.717, 1.165) is 0 Å². The molecule has 130 valence electrons. The summed E-state index contributed by atoms with van der Waals surface area (Å²) >= 11 is 5.99. The molecule has 2 aromatic carbocycles. The van der Waals surface area contributed by atoms with Crippen LogP contribution in [0.15, 0.2) is 58.3 Å². The summed E-state index contributed by atoms with van der Waals surface area (Å²) < 4.78 is 49.2. The average molecular weight is 389 g/mol. The van der Waals surface area contributed by atoms with E-state index in [2.05, 4.69) is 0 Å². The molecule has 0 amide bonds. The Hall–Kier alpha value is -1.45. The fourth-order valence-corrected chi connectivity index (χ4v) is 4.52. The minimum absolute atomic E-state index is 0.0159. The zero-order valence-electron chi connectivity index (χ0n) is 13.0. The summed E-state index contributed by atoms with van der Waals surface area (Å²) in [5.74, 6) is 0. The van der Waals surface area contributed by atoms with E-state index in [1.165, 1.54) is 47.8 Å². The first-order valence-electron chi connectivity index (χ1n) is 6.90. The van der Waals surface area contributed by atoms with Gasteiger partial charge in [0.25, 0.3) is 0 Å². The molecule has 0 heterocycles. The number of nitrogens with zero attached hydrogens (tertiary/aromatic N) is 1. The third-order valence-electron chi connectivity index (χ3n) is 3.73. The van der Waals surface area contributed by atoms with Crippen molar-refractivity contribution in [2.45, 2.75) is 22.8 Å². The van der Waals surface area contributed by atoms with Crippen molar-refractivity contribution in [2.75, 3.05) is 7.05 Å². The quantitative estimate of drug-likeness (QED) is 0.850. The topological polar surface area (TPSA) is 97.5 Å². The molecule has 2 aromatic rings. The van der Waals surface area contributed by atoms with Crippen LogP contribution in [0.2, 0.25) is 5.02 Å². The second-order valence-corrected chi connectivity index (χ2v) is 9.18. The van der Waals surface area contributed by atoms with Gasteiger partial charge in [-0.2, -0.15) is 4.31 Å². The summed E-state index contributed by atoms with van der Waals surface area (Å²) in [4.78, 5) is -0.0164. The van der Waals surface area contributed by atoms with Crippen molar-refractivity contribution < 1.29 is 16.8 Å². The van der Waals surface area contributed by atoms with Gasteiger partial charge in [-0.15, -0.1) is 0 Å². The first-order valence-corrected chi connectivity index (χ1v) is 10.3. The van der Waals surface area contributed by atoms with Crippen molar-refractivity contribution in [2.24, 2.45) is 5.14 Å². The summed E-state index contributed by atoms with van der Waals surface area (Å²) in [6.07, 6.45) is 0. The van der Waals surface area contributed by atoms with Gasteiger partial charge < -0.3 is 0 Å². The number of nitrogens with two attached hydrogens (primary N) is 1. The Balaban J connectivity index is 2.36. The predicted molar refractivity (Wildman–Crippen MR) is 92.6 cm³/mol. The van der Waals surface area contributed by atoms with E-state index in [9.17, 15) is 16.8 Å². The lowest BCUT2D eigenvalue weighted by Crippen LogP contribution is -2.30. The normalized spacial score (nSPS) is 13.9. The number of rotatable bonds is 5. The van der Waals surface area contributed by atoms with Crippen LogP contribution in [-0.2, 0) is 20.0 Å². The first kappa shape index (κ1) is 18.9. The van der Waals surface area contributed by atoms with Gasteiger partial charge in [0.1, 0.15) is 4.90 Å². The molecule has 0 spiro atoms. The van der Waals surface area contributed by atoms with E-state index >= 15 is 0 Å². The summed E-state index contributed by atoms with van der Waals surface area (Å²) in [5.41, 5.74) is 0.625. The standard InChI is InChI=1S/C15H17ClN2O4S2/c1-11(12-7-9-13(10-8-12)23(17,19)20)18(2)24(21,22)15-6-4-3-5-14(15)16/h3-11H,1-2H3,(H2,17,19,20). The zero-order valence-corrected chi connectivity index (χ0v) is 15.4. The molecule has 24 heavy (non-hydrogen) atoms. The third kappa shape index (κ3) is 3.79. The number of sulfonamides is 2. The van der Waals surface area contributed by atoms with Crippen LogP contribution < -0.4 is 5.14 Å². The predicted octanol–water partition coefficient (Wildman–Crippen LogP) is 2.37. The number of hydrogen-bond donors (Lipinski definition) is 1. The van der Waals surface area contributed by atoms with Gasteiger partial charge in [-0.3, -0.25) is 0 Å². The smallest absolute Gasteiger partial charge is 0.225 e. The van der Waals surface area contributed by atoms with Crippen molar-refractivity contribution in [3.05, 3.63) is 59.1 Å². The number of hydrogen-bond acceptors (Lipinski definition) is 4. The van der Waals surface area contributed by atoms with E-state index in [4.69, 9.17) is 16.7 Å². The maximum Gasteiger partial charge on any atom is 0.244 e. The lowest BCUT2D eigenvalue weighted by atomic mass is 10.1. The van der Waals surface area contributed by atoms with Gasteiger partial charge in [-0.1, -0.05) is 35.9 Å². The van der Waals surface area contributed by atoms with Gasteiger partial charge >= 0.3 is 0 Å². The molecule has 1 atom stereocenters. The van der Waals surface area contributed by atoms with Crippen LogP contribution in [0.25, 0.3) is 0 Å². The molecule has 0 aliphatic heterocycles. The highest BCUT2D eigenvalue weighted by atomic mass is 35.5. The molecule has 0 bridgehead atoms. The molecule has 0 radical (unpaired) electrons. The van der Waals surface area contributed by atoms with Gasteiger partial charge in [0, 0.05) is 13.1 Å². The van der Waals surface area contributed by atoms with Crippen LogP contribution in [0, 0.1) is 0 Å². The highest BCUT2D eigenvalue weighted by molar-refractivity contribution is 7.89. The van der Waals surface area contributed by atoms with Crippen molar-refractivity contribution in [3.63, 3.8) is 0 Å². The highest BCUT2D eigenvalue weighted by Crippen LogP contribution is 2.29. The molecule has 9 heteroatoms. The van der Waals surface area contributed by atoms with E-state index in [1.54, 1.807) is 19.1 Å². The van der Waals surface area contributed by atoms with Crippen molar-refractivity contribution >= 4 is 31.6 Å². The van der Waals surface area contributed by atoms with E-state index in [0.29, 0.717) is 5.56 Å².